The zero-order valence-corrected chi connectivity index (χ0v) is 21.6. The standard InChI is InChI=1S/C36H24N4/c1-2-9-25(10-3-1)26-16-18-27(19-17-26)31-24-39(28-11-8-21-37-23-28)36-34(20-22-38-35(31)36)40-32-14-6-4-12-29(32)30-13-5-7-15-33(30)40/h1-24H. The van der Waals surface area contributed by atoms with Crippen molar-refractivity contribution in [2.75, 3.05) is 0 Å². The quantitative estimate of drug-likeness (QED) is 0.236. The molecule has 0 bridgehead atoms. The van der Waals surface area contributed by atoms with Crippen LogP contribution in [0, 0.1) is 0 Å². The van der Waals surface area contributed by atoms with Gasteiger partial charge in [-0.1, -0.05) is 91.0 Å². The lowest BCUT2D eigenvalue weighted by atomic mass is 10.0. The van der Waals surface area contributed by atoms with Gasteiger partial charge in [0.05, 0.1) is 39.6 Å². The van der Waals surface area contributed by atoms with Crippen LogP contribution in [0.2, 0.25) is 0 Å². The van der Waals surface area contributed by atoms with Gasteiger partial charge in [-0.25, -0.2) is 0 Å². The molecule has 188 valence electrons. The summed E-state index contributed by atoms with van der Waals surface area (Å²) in [7, 11) is 0. The lowest BCUT2D eigenvalue weighted by Crippen LogP contribution is -2.00. The van der Waals surface area contributed by atoms with Gasteiger partial charge in [-0.05, 0) is 47.0 Å². The minimum atomic E-state index is 0.954. The number of pyridine rings is 2. The Balaban J connectivity index is 1.42. The largest absolute Gasteiger partial charge is 0.311 e. The highest BCUT2D eigenvalue weighted by Gasteiger charge is 2.20. The molecule has 0 amide bonds. The summed E-state index contributed by atoms with van der Waals surface area (Å²) in [5.74, 6) is 0. The molecule has 4 nitrogen and oxygen atoms in total. The van der Waals surface area contributed by atoms with Crippen LogP contribution in [-0.4, -0.2) is 19.1 Å². The van der Waals surface area contributed by atoms with Crippen LogP contribution in [0.5, 0.6) is 0 Å². The monoisotopic (exact) mass is 512 g/mol. The number of hydrogen-bond donors (Lipinski definition) is 0. The fourth-order valence-electron chi connectivity index (χ4n) is 5.88. The number of rotatable bonds is 4. The Morgan fingerprint density at radius 3 is 1.88 bits per heavy atom. The summed E-state index contributed by atoms with van der Waals surface area (Å²) in [6, 6.07) is 42.7. The van der Waals surface area contributed by atoms with E-state index in [1.54, 1.807) is 0 Å². The van der Waals surface area contributed by atoms with Crippen LogP contribution in [0.25, 0.3) is 66.5 Å². The molecule has 0 atom stereocenters. The molecule has 40 heavy (non-hydrogen) atoms. The van der Waals surface area contributed by atoms with Gasteiger partial charge in [-0.15, -0.1) is 0 Å². The van der Waals surface area contributed by atoms with E-state index in [1.807, 2.05) is 30.7 Å². The smallest absolute Gasteiger partial charge is 0.0984 e. The number of aromatic nitrogens is 4. The van der Waals surface area contributed by atoms with E-state index in [9.17, 15) is 0 Å². The molecule has 4 heteroatoms. The van der Waals surface area contributed by atoms with Gasteiger partial charge in [0, 0.05) is 34.9 Å². The first-order valence-corrected chi connectivity index (χ1v) is 13.4. The summed E-state index contributed by atoms with van der Waals surface area (Å²) in [6.45, 7) is 0. The average Bonchev–Trinajstić information content (AvgIpc) is 3.59. The highest BCUT2D eigenvalue weighted by molar-refractivity contribution is 6.11. The van der Waals surface area contributed by atoms with Crippen molar-refractivity contribution in [3.8, 4) is 33.6 Å². The molecule has 0 saturated heterocycles. The highest BCUT2D eigenvalue weighted by Crippen LogP contribution is 2.38. The third-order valence-corrected chi connectivity index (χ3v) is 7.71. The van der Waals surface area contributed by atoms with Gasteiger partial charge in [0.15, 0.2) is 0 Å². The third kappa shape index (κ3) is 3.47. The summed E-state index contributed by atoms with van der Waals surface area (Å²) in [4.78, 5) is 9.40. The molecule has 0 fully saturated rings. The molecule has 0 unspecified atom stereocenters. The molecule has 8 rings (SSSR count). The lowest BCUT2D eigenvalue weighted by Gasteiger charge is -2.13. The van der Waals surface area contributed by atoms with Gasteiger partial charge in [-0.2, -0.15) is 0 Å². The van der Waals surface area contributed by atoms with Crippen LogP contribution < -0.4 is 0 Å². The molecule has 0 N–H and O–H groups in total. The molecule has 4 aromatic carbocycles. The molecule has 0 saturated carbocycles. The summed E-state index contributed by atoms with van der Waals surface area (Å²) < 4.78 is 4.60. The summed E-state index contributed by atoms with van der Waals surface area (Å²) >= 11 is 0. The van der Waals surface area contributed by atoms with Crippen molar-refractivity contribution in [3.63, 3.8) is 0 Å². The third-order valence-electron chi connectivity index (χ3n) is 7.71. The minimum absolute atomic E-state index is 0.954. The van der Waals surface area contributed by atoms with Gasteiger partial charge in [0.25, 0.3) is 0 Å². The molecule has 0 aliphatic heterocycles. The summed E-state index contributed by atoms with van der Waals surface area (Å²) in [5, 5.41) is 2.47. The van der Waals surface area contributed by atoms with Crippen LogP contribution in [0.1, 0.15) is 0 Å². The van der Waals surface area contributed by atoms with Crippen molar-refractivity contribution in [2.24, 2.45) is 0 Å². The van der Waals surface area contributed by atoms with Crippen molar-refractivity contribution in [1.82, 2.24) is 19.1 Å². The van der Waals surface area contributed by atoms with Crippen molar-refractivity contribution in [1.29, 1.82) is 0 Å². The van der Waals surface area contributed by atoms with Crippen LogP contribution in [0.15, 0.2) is 146 Å². The molecule has 0 radical (unpaired) electrons. The number of hydrogen-bond acceptors (Lipinski definition) is 2. The zero-order valence-electron chi connectivity index (χ0n) is 21.6. The predicted octanol–water partition coefficient (Wildman–Crippen LogP) is 8.85. The average molecular weight is 513 g/mol. The number of benzene rings is 4. The van der Waals surface area contributed by atoms with E-state index in [0.717, 1.165) is 33.5 Å². The first kappa shape index (κ1) is 22.5. The topological polar surface area (TPSA) is 35.6 Å². The Hall–Kier alpha value is -5.48. The molecule has 0 aliphatic carbocycles. The van der Waals surface area contributed by atoms with E-state index in [1.165, 1.54) is 32.9 Å². The second-order valence-corrected chi connectivity index (χ2v) is 9.96. The SMILES string of the molecule is c1ccc(-c2ccc(-c3cn(-c4cccnc4)c4c(-n5c6ccccc6c6ccccc65)ccnc34)cc2)cc1. The van der Waals surface area contributed by atoms with Gasteiger partial charge in [0.2, 0.25) is 0 Å². The molecule has 4 aromatic heterocycles. The van der Waals surface area contributed by atoms with Crippen molar-refractivity contribution in [3.05, 3.63) is 146 Å². The second-order valence-electron chi connectivity index (χ2n) is 9.96. The zero-order chi connectivity index (χ0) is 26.5. The van der Waals surface area contributed by atoms with Gasteiger partial charge >= 0.3 is 0 Å². The molecule has 0 spiro atoms. The number of fused-ring (bicyclic) bond motifs is 4. The first-order valence-electron chi connectivity index (χ1n) is 13.4. The maximum atomic E-state index is 4.96. The van der Waals surface area contributed by atoms with Crippen LogP contribution in [0.3, 0.4) is 0 Å². The van der Waals surface area contributed by atoms with E-state index in [-0.39, 0.29) is 0 Å². The van der Waals surface area contributed by atoms with E-state index < -0.39 is 0 Å². The highest BCUT2D eigenvalue weighted by atomic mass is 15.1. The maximum absolute atomic E-state index is 4.96. The fourth-order valence-corrected chi connectivity index (χ4v) is 5.88. The van der Waals surface area contributed by atoms with Gasteiger partial charge < -0.3 is 9.13 Å². The second kappa shape index (κ2) is 9.07. The molecule has 4 heterocycles. The molecular weight excluding hydrogens is 488 g/mol. The van der Waals surface area contributed by atoms with Crippen LogP contribution in [-0.2, 0) is 0 Å². The van der Waals surface area contributed by atoms with E-state index >= 15 is 0 Å². The van der Waals surface area contributed by atoms with E-state index in [4.69, 9.17) is 4.98 Å². The Labute approximate surface area is 231 Å². The molecule has 0 aliphatic rings. The van der Waals surface area contributed by atoms with Crippen molar-refractivity contribution in [2.45, 2.75) is 0 Å². The summed E-state index contributed by atoms with van der Waals surface area (Å²) in [6.07, 6.45) is 7.84. The van der Waals surface area contributed by atoms with E-state index in [0.29, 0.717) is 0 Å². The summed E-state index contributed by atoms with van der Waals surface area (Å²) in [5.41, 5.74) is 11.0. The van der Waals surface area contributed by atoms with Crippen molar-refractivity contribution >= 4 is 32.8 Å². The van der Waals surface area contributed by atoms with Crippen molar-refractivity contribution < 1.29 is 0 Å². The Morgan fingerprint density at radius 2 is 1.18 bits per heavy atom. The molecule has 8 aromatic rings. The normalized spacial score (nSPS) is 11.5. The van der Waals surface area contributed by atoms with Crippen LogP contribution in [0.4, 0.5) is 0 Å². The lowest BCUT2D eigenvalue weighted by molar-refractivity contribution is 1.08. The number of para-hydroxylation sites is 2. The Morgan fingerprint density at radius 1 is 0.525 bits per heavy atom. The number of nitrogens with zero attached hydrogens (tertiary/aromatic N) is 4. The Kier molecular flexibility index (Phi) is 5.10. The maximum Gasteiger partial charge on any atom is 0.0984 e. The van der Waals surface area contributed by atoms with Gasteiger partial charge in [0.1, 0.15) is 0 Å². The minimum Gasteiger partial charge on any atom is -0.311 e. The fraction of sp³-hybridized carbons (Fsp3) is 0. The van der Waals surface area contributed by atoms with Crippen LogP contribution >= 0.6 is 0 Å². The van der Waals surface area contributed by atoms with Gasteiger partial charge in [-0.3, -0.25) is 9.97 Å². The predicted molar refractivity (Wildman–Crippen MR) is 164 cm³/mol. The Bertz CT molecular complexity index is 2080. The van der Waals surface area contributed by atoms with E-state index in [2.05, 4.69) is 130 Å². The first-order chi connectivity index (χ1) is 19.9. The molecular formula is C36H24N4.